The van der Waals surface area contributed by atoms with Gasteiger partial charge in [0.1, 0.15) is 0 Å². The Morgan fingerprint density at radius 2 is 2.00 bits per heavy atom. The molecule has 0 aromatic carbocycles. The fourth-order valence-electron chi connectivity index (χ4n) is 4.78. The van der Waals surface area contributed by atoms with Gasteiger partial charge in [0, 0.05) is 68.8 Å². The van der Waals surface area contributed by atoms with Crippen molar-refractivity contribution in [2.75, 3.05) is 46.4 Å². The molecule has 2 saturated heterocycles. The Morgan fingerprint density at radius 1 is 1.21 bits per heavy atom. The van der Waals surface area contributed by atoms with E-state index in [0.29, 0.717) is 23.9 Å². The second-order valence-corrected chi connectivity index (χ2v) is 9.97. The van der Waals surface area contributed by atoms with Crippen molar-refractivity contribution in [1.82, 2.24) is 19.7 Å². The Kier molecular flexibility index (Phi) is 7.21. The molecule has 3 aliphatic rings. The molecule has 29 heavy (non-hydrogen) atoms. The van der Waals surface area contributed by atoms with Crippen LogP contribution in [0.5, 0.6) is 0 Å². The summed E-state index contributed by atoms with van der Waals surface area (Å²) < 4.78 is 5.64. The molecule has 1 saturated carbocycles. The predicted octanol–water partition coefficient (Wildman–Crippen LogP) is 2.77. The van der Waals surface area contributed by atoms with Gasteiger partial charge in [0.05, 0.1) is 11.2 Å². The summed E-state index contributed by atoms with van der Waals surface area (Å²) in [6, 6.07) is 1.08. The number of carbonyl (C=O) groups is 1. The monoisotopic (exact) mass is 420 g/mol. The maximum Gasteiger partial charge on any atom is 0.225 e. The Hall–Kier alpha value is -1.02. The van der Waals surface area contributed by atoms with Crippen LogP contribution in [0.1, 0.15) is 49.1 Å². The van der Waals surface area contributed by atoms with Crippen molar-refractivity contribution in [3.8, 4) is 0 Å². The van der Waals surface area contributed by atoms with Gasteiger partial charge in [-0.1, -0.05) is 0 Å². The number of rotatable bonds is 8. The van der Waals surface area contributed by atoms with Crippen LogP contribution in [0.25, 0.3) is 0 Å². The summed E-state index contributed by atoms with van der Waals surface area (Å²) in [6.07, 6.45) is 6.79. The van der Waals surface area contributed by atoms with E-state index in [-0.39, 0.29) is 0 Å². The first-order valence-electron chi connectivity index (χ1n) is 11.3. The lowest BCUT2D eigenvalue weighted by Gasteiger charge is -2.44. The van der Waals surface area contributed by atoms with Crippen molar-refractivity contribution in [2.24, 2.45) is 5.92 Å². The normalized spacial score (nSPS) is 23.9. The molecular formula is C22H36N4O2S. The number of hydrogen-bond donors (Lipinski definition) is 0. The van der Waals surface area contributed by atoms with Crippen LogP contribution >= 0.6 is 11.3 Å². The summed E-state index contributed by atoms with van der Waals surface area (Å²) in [4.78, 5) is 25.7. The molecule has 1 aromatic rings. The second kappa shape index (κ2) is 9.86. The first-order chi connectivity index (χ1) is 14.1. The molecule has 1 aromatic heterocycles. The number of nitrogens with zero attached hydrogens (tertiary/aromatic N) is 4. The minimum atomic E-state index is 0.332. The van der Waals surface area contributed by atoms with E-state index in [4.69, 9.17) is 4.74 Å². The van der Waals surface area contributed by atoms with Crippen LogP contribution < -0.4 is 0 Å². The lowest BCUT2D eigenvalue weighted by molar-refractivity contribution is -0.135. The molecule has 4 rings (SSSR count). The fraction of sp³-hybridized carbons (Fsp3) is 0.818. The van der Waals surface area contributed by atoms with Crippen molar-refractivity contribution in [3.63, 3.8) is 0 Å². The number of hydrogen-bond acceptors (Lipinski definition) is 6. The van der Waals surface area contributed by atoms with Gasteiger partial charge in [0.25, 0.3) is 0 Å². The van der Waals surface area contributed by atoms with E-state index in [0.717, 1.165) is 83.7 Å². The van der Waals surface area contributed by atoms with Crippen LogP contribution in [0.4, 0.5) is 0 Å². The highest BCUT2D eigenvalue weighted by atomic mass is 32.1. The number of aromatic nitrogens is 1. The molecule has 1 unspecified atom stereocenters. The fourth-order valence-corrected chi connectivity index (χ4v) is 5.64. The molecule has 0 bridgehead atoms. The van der Waals surface area contributed by atoms with E-state index in [9.17, 15) is 4.79 Å². The largest absolute Gasteiger partial charge is 0.381 e. The Morgan fingerprint density at radius 3 is 2.69 bits per heavy atom. The maximum atomic E-state index is 12.7. The molecular weight excluding hydrogens is 384 g/mol. The highest BCUT2D eigenvalue weighted by molar-refractivity contribution is 7.09. The van der Waals surface area contributed by atoms with Crippen molar-refractivity contribution in [3.05, 3.63) is 16.1 Å². The Labute approximate surface area is 179 Å². The van der Waals surface area contributed by atoms with E-state index in [1.165, 1.54) is 11.3 Å². The maximum absolute atomic E-state index is 12.7. The number of likely N-dealkylation sites (N-methyl/N-ethyl adjacent to an activating group) is 1. The molecule has 162 valence electrons. The van der Waals surface area contributed by atoms with E-state index in [1.807, 2.05) is 5.51 Å². The summed E-state index contributed by atoms with van der Waals surface area (Å²) in [5.41, 5.74) is 3.10. The molecule has 3 heterocycles. The first-order valence-corrected chi connectivity index (χ1v) is 12.2. The van der Waals surface area contributed by atoms with Crippen molar-refractivity contribution in [1.29, 1.82) is 0 Å². The smallest absolute Gasteiger partial charge is 0.225 e. The standard InChI is InChI=1S/C22H36N4O2S/c1-17-21(29-16-23-17)15-24(2)10-11-26(19-7-12-28-13-8-19)20-4-3-9-25(14-20)22(27)18-5-6-18/h16,18-20H,3-15H2,1-2H3. The number of thiazole rings is 1. The van der Waals surface area contributed by atoms with Gasteiger partial charge in [0.15, 0.2) is 0 Å². The molecule has 0 radical (unpaired) electrons. The van der Waals surface area contributed by atoms with Crippen molar-refractivity contribution < 1.29 is 9.53 Å². The van der Waals surface area contributed by atoms with Crippen LogP contribution in [0, 0.1) is 12.8 Å². The molecule has 7 heteroatoms. The van der Waals surface area contributed by atoms with Gasteiger partial charge < -0.3 is 9.64 Å². The lowest BCUT2D eigenvalue weighted by Crippen LogP contribution is -2.55. The molecule has 0 N–H and O–H groups in total. The quantitative estimate of drug-likeness (QED) is 0.647. The van der Waals surface area contributed by atoms with E-state index < -0.39 is 0 Å². The molecule has 0 spiro atoms. The average Bonchev–Trinajstić information content (AvgIpc) is 3.52. The summed E-state index contributed by atoms with van der Waals surface area (Å²) >= 11 is 1.75. The Bertz CT molecular complexity index is 672. The molecule has 2 aliphatic heterocycles. The summed E-state index contributed by atoms with van der Waals surface area (Å²) in [5, 5.41) is 0. The van der Waals surface area contributed by atoms with Crippen LogP contribution in [-0.2, 0) is 16.1 Å². The molecule has 3 fully saturated rings. The van der Waals surface area contributed by atoms with Gasteiger partial charge in [-0.2, -0.15) is 0 Å². The Balaban J connectivity index is 1.37. The number of likely N-dealkylation sites (tertiary alicyclic amines) is 1. The van der Waals surface area contributed by atoms with Gasteiger partial charge in [0.2, 0.25) is 5.91 Å². The lowest BCUT2D eigenvalue weighted by atomic mass is 9.98. The van der Waals surface area contributed by atoms with Gasteiger partial charge in [-0.25, -0.2) is 4.98 Å². The predicted molar refractivity (Wildman–Crippen MR) is 116 cm³/mol. The zero-order valence-electron chi connectivity index (χ0n) is 18.0. The number of carbonyl (C=O) groups excluding carboxylic acids is 1. The van der Waals surface area contributed by atoms with Crippen molar-refractivity contribution >= 4 is 17.2 Å². The van der Waals surface area contributed by atoms with Gasteiger partial charge in [-0.15, -0.1) is 11.3 Å². The number of ether oxygens (including phenoxy) is 1. The third-order valence-electron chi connectivity index (χ3n) is 6.76. The van der Waals surface area contributed by atoms with Crippen LogP contribution in [0.15, 0.2) is 5.51 Å². The highest BCUT2D eigenvalue weighted by Crippen LogP contribution is 2.33. The zero-order valence-corrected chi connectivity index (χ0v) is 18.8. The number of amides is 1. The minimum absolute atomic E-state index is 0.332. The van der Waals surface area contributed by atoms with Crippen LogP contribution in [-0.4, -0.2) is 84.1 Å². The molecule has 6 nitrogen and oxygen atoms in total. The van der Waals surface area contributed by atoms with Gasteiger partial charge in [-0.05, 0) is 52.5 Å². The third-order valence-corrected chi connectivity index (χ3v) is 7.68. The highest BCUT2D eigenvalue weighted by Gasteiger charge is 2.37. The average molecular weight is 421 g/mol. The van der Waals surface area contributed by atoms with Crippen molar-refractivity contribution in [2.45, 2.75) is 64.1 Å². The SMILES string of the molecule is Cc1ncsc1CN(C)CCN(C1CCOCC1)C1CCCN(C(=O)C2CC2)C1. The van der Waals surface area contributed by atoms with Gasteiger partial charge in [-0.3, -0.25) is 14.6 Å². The third kappa shape index (κ3) is 5.57. The molecule has 1 atom stereocenters. The van der Waals surface area contributed by atoms with E-state index >= 15 is 0 Å². The zero-order chi connectivity index (χ0) is 20.2. The molecule has 1 amide bonds. The number of piperidine rings is 1. The second-order valence-electron chi connectivity index (χ2n) is 9.03. The van der Waals surface area contributed by atoms with Gasteiger partial charge >= 0.3 is 0 Å². The summed E-state index contributed by atoms with van der Waals surface area (Å²) in [5.74, 6) is 0.749. The molecule has 1 aliphatic carbocycles. The summed E-state index contributed by atoms with van der Waals surface area (Å²) in [6.45, 7) is 8.79. The first kappa shape index (κ1) is 21.2. The minimum Gasteiger partial charge on any atom is -0.381 e. The van der Waals surface area contributed by atoms with E-state index in [2.05, 4.69) is 33.7 Å². The summed E-state index contributed by atoms with van der Waals surface area (Å²) in [7, 11) is 2.21. The van der Waals surface area contributed by atoms with Crippen LogP contribution in [0.3, 0.4) is 0 Å². The van der Waals surface area contributed by atoms with E-state index in [1.54, 1.807) is 11.3 Å². The topological polar surface area (TPSA) is 48.9 Å². The van der Waals surface area contributed by atoms with Crippen LogP contribution in [0.2, 0.25) is 0 Å². The number of aryl methyl sites for hydroxylation is 1.